The smallest absolute Gasteiger partial charge is 0.550 e. The molecule has 0 unspecified atom stereocenters. The Labute approximate surface area is 566 Å². The van der Waals surface area contributed by atoms with Crippen LogP contribution in [-0.2, 0) is 28.8 Å². The van der Waals surface area contributed by atoms with E-state index in [-0.39, 0.29) is 86.3 Å². The van der Waals surface area contributed by atoms with Gasteiger partial charge < -0.3 is 59.4 Å². The van der Waals surface area contributed by atoms with Crippen molar-refractivity contribution in [1.82, 2.24) is 0 Å². The van der Waals surface area contributed by atoms with Gasteiger partial charge in [0, 0.05) is 35.8 Å². The Morgan fingerprint density at radius 1 is 0.163 bits per heavy atom. The average molecular weight is 1430 g/mol. The van der Waals surface area contributed by atoms with E-state index >= 15 is 0 Å². The van der Waals surface area contributed by atoms with Gasteiger partial charge in [-0.05, 0) is 77.0 Å². The first-order valence-electron chi connectivity index (χ1n) is 35.8. The van der Waals surface area contributed by atoms with Crippen LogP contribution in [0.3, 0.4) is 0 Å². The van der Waals surface area contributed by atoms with E-state index in [1.807, 2.05) is 0 Å². The van der Waals surface area contributed by atoms with Gasteiger partial charge in [0.1, 0.15) is 0 Å². The fraction of sp³-hybridized carbons (Fsp3) is 0.917. The van der Waals surface area contributed by atoms with Gasteiger partial charge in [-0.3, -0.25) is 0 Å². The van der Waals surface area contributed by atoms with Crippen LogP contribution in [0, 0.1) is 0 Å². The Balaban J connectivity index is -0.000000141. The van der Waals surface area contributed by atoms with E-state index in [1.165, 1.54) is 270 Å². The molecule has 0 saturated carbocycles. The summed E-state index contributed by atoms with van der Waals surface area (Å²) < 4.78 is 0. The number of hydrogen-bond acceptors (Lipinski definition) is 12. The van der Waals surface area contributed by atoms with E-state index < -0.39 is 35.8 Å². The van der Waals surface area contributed by atoms with Gasteiger partial charge in [-0.1, -0.05) is 350 Å². The molecule has 0 atom stereocenters. The fourth-order valence-electron chi connectivity index (χ4n) is 9.48. The standard InChI is InChI=1S/6C12H24O2.2Sn/c6*1-2-3-4-5-6-7-8-9-10-11-12(13)14;;/h6*2-11H2,1H3,(H,13,14);;/q;;;;;;+2;+4/p-6. The SMILES string of the molecule is CCCCCCCCCCCC(=O)[O-].CCCCCCCCCCCC(=O)[O-].CCCCCCCCCCCC(=O)[O-].CCCCCCCCCCCC(=O)[O-].CCCCCCCCCCCC(=O)[O-].CCCCCCCCCCCC(=O)[O-].[Sn+2].[Sn+4]. The molecule has 0 spiro atoms. The largest absolute Gasteiger partial charge is 4.00 e. The zero-order chi connectivity index (χ0) is 63.9. The van der Waals surface area contributed by atoms with E-state index in [0.717, 1.165) is 77.0 Å². The van der Waals surface area contributed by atoms with Crippen molar-refractivity contribution >= 4 is 83.6 Å². The molecule has 0 fully saturated rings. The maximum Gasteiger partial charge on any atom is 4.00 e. The number of carboxylic acid groups (broad SMARTS) is 6. The van der Waals surface area contributed by atoms with E-state index in [4.69, 9.17) is 0 Å². The van der Waals surface area contributed by atoms with Crippen molar-refractivity contribution in [1.29, 1.82) is 0 Å². The van der Waals surface area contributed by atoms with E-state index in [1.54, 1.807) is 0 Å². The summed E-state index contributed by atoms with van der Waals surface area (Å²) in [7, 11) is 0. The second-order valence-electron chi connectivity index (χ2n) is 23.7. The minimum Gasteiger partial charge on any atom is -0.550 e. The summed E-state index contributed by atoms with van der Waals surface area (Å²) in [5.41, 5.74) is 0. The molecule has 0 rings (SSSR count). The van der Waals surface area contributed by atoms with Gasteiger partial charge in [0.2, 0.25) is 0 Å². The number of aliphatic carboxylic acids is 6. The first-order valence-corrected chi connectivity index (χ1v) is 35.8. The number of carbonyl (C=O) groups excluding carboxylic acids is 6. The predicted octanol–water partition coefficient (Wildman–Crippen LogP) is 15.2. The van der Waals surface area contributed by atoms with Gasteiger partial charge in [-0.15, -0.1) is 0 Å². The minimum atomic E-state index is -0.909. The summed E-state index contributed by atoms with van der Waals surface area (Å²) >= 11 is 0. The number of carbonyl (C=O) groups is 6. The van der Waals surface area contributed by atoms with Crippen LogP contribution in [0.5, 0.6) is 0 Å². The molecular formula is C72H138O12Sn2. The molecule has 0 aromatic carbocycles. The molecule has 0 aliphatic rings. The van der Waals surface area contributed by atoms with Gasteiger partial charge in [-0.2, -0.15) is 0 Å². The summed E-state index contributed by atoms with van der Waals surface area (Å²) in [4.78, 5) is 60.6. The van der Waals surface area contributed by atoms with Crippen molar-refractivity contribution in [2.75, 3.05) is 0 Å². The Morgan fingerprint density at radius 2 is 0.233 bits per heavy atom. The quantitative estimate of drug-likeness (QED) is 0.0408. The van der Waals surface area contributed by atoms with E-state index in [9.17, 15) is 59.4 Å². The van der Waals surface area contributed by atoms with Crippen molar-refractivity contribution in [3.8, 4) is 0 Å². The summed E-state index contributed by atoms with van der Waals surface area (Å²) in [6.07, 6.45) is 67.0. The van der Waals surface area contributed by atoms with Gasteiger partial charge >= 0.3 is 47.8 Å². The van der Waals surface area contributed by atoms with Crippen LogP contribution in [0.2, 0.25) is 0 Å². The van der Waals surface area contributed by atoms with Crippen molar-refractivity contribution in [3.63, 3.8) is 0 Å². The third-order valence-corrected chi connectivity index (χ3v) is 14.9. The molecule has 0 aliphatic heterocycles. The molecule has 0 aromatic heterocycles. The van der Waals surface area contributed by atoms with Gasteiger partial charge in [0.25, 0.3) is 0 Å². The number of hydrogen-bond donors (Lipinski definition) is 0. The molecule has 0 heterocycles. The zero-order valence-corrected chi connectivity index (χ0v) is 63.0. The van der Waals surface area contributed by atoms with Crippen LogP contribution < -0.4 is 30.6 Å². The molecule has 506 valence electrons. The number of unbranched alkanes of at least 4 members (excludes halogenated alkanes) is 48. The third kappa shape index (κ3) is 132. The number of rotatable bonds is 60. The fourth-order valence-corrected chi connectivity index (χ4v) is 9.48. The third-order valence-electron chi connectivity index (χ3n) is 14.9. The second-order valence-corrected chi connectivity index (χ2v) is 23.7. The van der Waals surface area contributed by atoms with Crippen LogP contribution in [0.4, 0.5) is 0 Å². The molecule has 0 aliphatic carbocycles. The maximum atomic E-state index is 10.1. The monoisotopic (exact) mass is 1430 g/mol. The molecule has 12 nitrogen and oxygen atoms in total. The molecular weight excluding hydrogens is 1290 g/mol. The topological polar surface area (TPSA) is 241 Å². The van der Waals surface area contributed by atoms with E-state index in [0.29, 0.717) is 0 Å². The first kappa shape index (κ1) is 101. The van der Waals surface area contributed by atoms with Crippen molar-refractivity contribution in [2.24, 2.45) is 0 Å². The van der Waals surface area contributed by atoms with Gasteiger partial charge in [0.15, 0.2) is 0 Å². The zero-order valence-electron chi connectivity index (χ0n) is 57.3. The van der Waals surface area contributed by atoms with Crippen LogP contribution in [0.1, 0.15) is 427 Å². The van der Waals surface area contributed by atoms with Crippen LogP contribution in [0.15, 0.2) is 0 Å². The molecule has 0 aromatic rings. The van der Waals surface area contributed by atoms with Gasteiger partial charge in [-0.25, -0.2) is 0 Å². The van der Waals surface area contributed by atoms with Crippen LogP contribution in [0.25, 0.3) is 0 Å². The van der Waals surface area contributed by atoms with Crippen molar-refractivity contribution in [3.05, 3.63) is 0 Å². The summed E-state index contributed by atoms with van der Waals surface area (Å²) in [6.45, 7) is 13.3. The molecule has 0 bridgehead atoms. The summed E-state index contributed by atoms with van der Waals surface area (Å²) in [6, 6.07) is 0. The van der Waals surface area contributed by atoms with Crippen molar-refractivity contribution in [2.45, 2.75) is 427 Å². The molecule has 0 saturated heterocycles. The van der Waals surface area contributed by atoms with E-state index in [2.05, 4.69) is 41.5 Å². The first-order chi connectivity index (χ1) is 40.6. The molecule has 0 N–H and O–H groups in total. The normalized spacial score (nSPS) is 10.1. The predicted molar refractivity (Wildman–Crippen MR) is 353 cm³/mol. The molecule has 0 amide bonds. The van der Waals surface area contributed by atoms with Crippen LogP contribution in [-0.4, -0.2) is 83.6 Å². The maximum absolute atomic E-state index is 10.1. The Bertz CT molecular complexity index is 1060. The molecule has 86 heavy (non-hydrogen) atoms. The van der Waals surface area contributed by atoms with Crippen molar-refractivity contribution < 1.29 is 59.4 Å². The average Bonchev–Trinajstić information content (AvgIpc) is 3.45. The number of carboxylic acids is 6. The Kier molecular flexibility index (Phi) is 113. The van der Waals surface area contributed by atoms with Gasteiger partial charge in [0.05, 0.1) is 0 Å². The summed E-state index contributed by atoms with van der Waals surface area (Å²) in [5, 5.41) is 60.6. The summed E-state index contributed by atoms with van der Waals surface area (Å²) in [5.74, 6) is -5.46. The Morgan fingerprint density at radius 3 is 0.302 bits per heavy atom. The second kappa shape index (κ2) is 97.0. The molecule has 2 radical (unpaired) electrons. The van der Waals surface area contributed by atoms with Crippen LogP contribution >= 0.6 is 0 Å². The molecule has 14 heteroatoms. The Hall–Kier alpha value is -1.58. The minimum absolute atomic E-state index is 0.